The Morgan fingerprint density at radius 3 is 2.54 bits per heavy atom. The van der Waals surface area contributed by atoms with Crippen LogP contribution in [-0.4, -0.2) is 26.3 Å². The lowest BCUT2D eigenvalue weighted by molar-refractivity contribution is -0.121. The number of ether oxygens (including phenoxy) is 1. The molecule has 1 fully saturated rings. The van der Waals surface area contributed by atoms with E-state index in [1.54, 1.807) is 30.3 Å². The first-order valence-corrected chi connectivity index (χ1v) is 12.4. The fraction of sp³-hybridized carbons (Fsp3) is 0.0357. The van der Waals surface area contributed by atoms with Crippen molar-refractivity contribution in [1.82, 2.24) is 5.01 Å². The van der Waals surface area contributed by atoms with Gasteiger partial charge in [0.25, 0.3) is 5.91 Å². The molecule has 1 aliphatic heterocycles. The molecule has 1 aromatic heterocycles. The number of benzene rings is 3. The predicted molar refractivity (Wildman–Crippen MR) is 147 cm³/mol. The Kier molecular flexibility index (Phi) is 7.07. The number of carboxylic acids is 1. The van der Waals surface area contributed by atoms with Gasteiger partial charge in [0.1, 0.15) is 23.9 Å². The maximum absolute atomic E-state index is 13.0. The van der Waals surface area contributed by atoms with Crippen LogP contribution < -0.4 is 10.2 Å². The Balaban J connectivity index is 1.33. The quantitative estimate of drug-likeness (QED) is 0.199. The predicted octanol–water partition coefficient (Wildman–Crippen LogP) is 6.45. The third-order valence-corrected chi connectivity index (χ3v) is 6.78. The Hall–Kier alpha value is -4.34. The summed E-state index contributed by atoms with van der Waals surface area (Å²) in [6.45, 7) is 0.423. The number of thioether (sulfide) groups is 1. The molecule has 0 radical (unpaired) electrons. The second kappa shape index (κ2) is 10.7. The molecule has 0 saturated carbocycles. The molecule has 3 aromatic carbocycles. The molecule has 0 spiro atoms. The first-order valence-electron chi connectivity index (χ1n) is 11.2. The smallest absolute Gasteiger partial charge is 0.337 e. The number of amides is 1. The van der Waals surface area contributed by atoms with Crippen LogP contribution in [0.25, 0.3) is 17.4 Å². The average molecular weight is 529 g/mol. The van der Waals surface area contributed by atoms with Crippen LogP contribution in [0.3, 0.4) is 0 Å². The number of nitrogens with zero attached hydrogens (tertiary/aromatic N) is 1. The van der Waals surface area contributed by atoms with Gasteiger partial charge in [-0.15, -0.1) is 0 Å². The van der Waals surface area contributed by atoms with Crippen molar-refractivity contribution in [1.29, 1.82) is 0 Å². The summed E-state index contributed by atoms with van der Waals surface area (Å²) in [6, 6.07) is 27.4. The average Bonchev–Trinajstić information content (AvgIpc) is 3.48. The number of para-hydroxylation sites is 2. The van der Waals surface area contributed by atoms with Crippen molar-refractivity contribution in [2.24, 2.45) is 0 Å². The molecule has 2 N–H and O–H groups in total. The van der Waals surface area contributed by atoms with Gasteiger partial charge in [0, 0.05) is 6.08 Å². The van der Waals surface area contributed by atoms with Crippen molar-refractivity contribution in [3.8, 4) is 17.1 Å². The summed E-state index contributed by atoms with van der Waals surface area (Å²) in [4.78, 5) is 24.9. The van der Waals surface area contributed by atoms with Crippen LogP contribution in [-0.2, 0) is 11.4 Å². The highest BCUT2D eigenvalue weighted by atomic mass is 32.2. The molecule has 5 rings (SSSR count). The largest absolute Gasteiger partial charge is 0.488 e. The molecule has 1 saturated heterocycles. The minimum absolute atomic E-state index is 0.0318. The summed E-state index contributed by atoms with van der Waals surface area (Å²) in [6.07, 6.45) is 1.61. The van der Waals surface area contributed by atoms with E-state index in [-0.39, 0.29) is 15.6 Å². The Bertz CT molecular complexity index is 1510. The van der Waals surface area contributed by atoms with Crippen molar-refractivity contribution in [2.75, 3.05) is 5.43 Å². The standard InChI is InChI=1S/C28H20N2O5S2/c31-26-25(37-28(36)30(26)29-22-12-6-4-10-20(22)27(32)33)16-19-14-15-24(35-19)21-11-5-7-13-23(21)34-17-18-8-2-1-3-9-18/h1-16,29H,17H2,(H,32,33). The molecule has 9 heteroatoms. The lowest BCUT2D eigenvalue weighted by Gasteiger charge is -2.18. The SMILES string of the molecule is O=C(O)c1ccccc1NN1C(=O)C(=Cc2ccc(-c3ccccc3OCc3ccccc3)o2)SC1=S. The maximum atomic E-state index is 13.0. The second-order valence-electron chi connectivity index (χ2n) is 7.95. The van der Waals surface area contributed by atoms with Crippen molar-refractivity contribution in [2.45, 2.75) is 6.61 Å². The number of rotatable bonds is 8. The number of furan rings is 1. The lowest BCUT2D eigenvalue weighted by Crippen LogP contribution is -2.34. The number of hydrogen-bond acceptors (Lipinski definition) is 7. The first kappa shape index (κ1) is 24.4. The topological polar surface area (TPSA) is 92.0 Å². The van der Waals surface area contributed by atoms with E-state index < -0.39 is 11.9 Å². The van der Waals surface area contributed by atoms with Gasteiger partial charge < -0.3 is 14.3 Å². The van der Waals surface area contributed by atoms with Gasteiger partial charge in [-0.1, -0.05) is 66.4 Å². The third kappa shape index (κ3) is 5.42. The maximum Gasteiger partial charge on any atom is 0.337 e. The van der Waals surface area contributed by atoms with E-state index >= 15 is 0 Å². The van der Waals surface area contributed by atoms with Crippen molar-refractivity contribution < 1.29 is 23.8 Å². The van der Waals surface area contributed by atoms with E-state index in [1.807, 2.05) is 60.7 Å². The van der Waals surface area contributed by atoms with E-state index in [2.05, 4.69) is 5.43 Å². The fourth-order valence-corrected chi connectivity index (χ4v) is 4.85. The van der Waals surface area contributed by atoms with Gasteiger partial charge in [0.2, 0.25) is 0 Å². The van der Waals surface area contributed by atoms with Crippen LogP contribution in [0.2, 0.25) is 0 Å². The third-order valence-electron chi connectivity index (χ3n) is 5.47. The van der Waals surface area contributed by atoms with Gasteiger partial charge in [0.05, 0.1) is 21.7 Å². The zero-order valence-corrected chi connectivity index (χ0v) is 20.9. The molecule has 4 aromatic rings. The first-order chi connectivity index (χ1) is 18.0. The summed E-state index contributed by atoms with van der Waals surface area (Å²) >= 11 is 6.46. The number of hydrazine groups is 1. The van der Waals surface area contributed by atoms with Gasteiger partial charge in [-0.2, -0.15) is 0 Å². The molecule has 7 nitrogen and oxygen atoms in total. The highest BCUT2D eigenvalue weighted by molar-refractivity contribution is 8.26. The van der Waals surface area contributed by atoms with E-state index in [0.29, 0.717) is 28.8 Å². The van der Waals surface area contributed by atoms with E-state index in [0.717, 1.165) is 27.9 Å². The normalized spacial score (nSPS) is 14.3. The molecule has 0 bridgehead atoms. The number of aromatic carboxylic acids is 1. The van der Waals surface area contributed by atoms with Crippen LogP contribution in [0.1, 0.15) is 21.7 Å². The number of carbonyl (C=O) groups excluding carboxylic acids is 1. The highest BCUT2D eigenvalue weighted by Crippen LogP contribution is 2.36. The summed E-state index contributed by atoms with van der Waals surface area (Å²) in [7, 11) is 0. The molecule has 1 aliphatic rings. The van der Waals surface area contributed by atoms with Gasteiger partial charge in [-0.3, -0.25) is 10.2 Å². The number of hydrogen-bond donors (Lipinski definition) is 2. The Labute approximate surface area is 222 Å². The fourth-order valence-electron chi connectivity index (χ4n) is 3.69. The van der Waals surface area contributed by atoms with Crippen molar-refractivity contribution in [3.63, 3.8) is 0 Å². The van der Waals surface area contributed by atoms with Crippen molar-refractivity contribution in [3.05, 3.63) is 113 Å². The molecule has 0 unspecified atom stereocenters. The van der Waals surface area contributed by atoms with Gasteiger partial charge >= 0.3 is 5.97 Å². The van der Waals surface area contributed by atoms with E-state index in [1.165, 1.54) is 6.07 Å². The van der Waals surface area contributed by atoms with Crippen LogP contribution in [0, 0.1) is 0 Å². The molecule has 184 valence electrons. The number of anilines is 1. The van der Waals surface area contributed by atoms with Crippen LogP contribution >= 0.6 is 24.0 Å². The van der Waals surface area contributed by atoms with Crippen molar-refractivity contribution >= 4 is 51.9 Å². The monoisotopic (exact) mass is 528 g/mol. The van der Waals surface area contributed by atoms with Crippen LogP contribution in [0.5, 0.6) is 5.75 Å². The molecule has 37 heavy (non-hydrogen) atoms. The molecule has 1 amide bonds. The van der Waals surface area contributed by atoms with E-state index in [4.69, 9.17) is 21.4 Å². The van der Waals surface area contributed by atoms with Gasteiger partial charge in [-0.25, -0.2) is 9.80 Å². The molecular weight excluding hydrogens is 508 g/mol. The summed E-state index contributed by atoms with van der Waals surface area (Å²) in [5.41, 5.74) is 4.96. The Morgan fingerprint density at radius 1 is 1.00 bits per heavy atom. The Morgan fingerprint density at radius 2 is 1.73 bits per heavy atom. The number of carboxylic acid groups (broad SMARTS) is 1. The van der Waals surface area contributed by atoms with Crippen LogP contribution in [0.15, 0.2) is 100 Å². The molecule has 0 atom stereocenters. The summed E-state index contributed by atoms with van der Waals surface area (Å²) < 4.78 is 12.3. The van der Waals surface area contributed by atoms with E-state index in [9.17, 15) is 14.7 Å². The summed E-state index contributed by atoms with van der Waals surface area (Å²) in [5, 5.41) is 10.6. The number of carbonyl (C=O) groups is 2. The molecular formula is C28H20N2O5S2. The highest BCUT2D eigenvalue weighted by Gasteiger charge is 2.33. The summed E-state index contributed by atoms with van der Waals surface area (Å²) in [5.74, 6) is 0.234. The zero-order valence-electron chi connectivity index (χ0n) is 19.3. The molecule has 0 aliphatic carbocycles. The van der Waals surface area contributed by atoms with Gasteiger partial charge in [0.15, 0.2) is 4.32 Å². The van der Waals surface area contributed by atoms with Crippen LogP contribution in [0.4, 0.5) is 5.69 Å². The minimum atomic E-state index is -1.11. The minimum Gasteiger partial charge on any atom is -0.488 e. The second-order valence-corrected chi connectivity index (χ2v) is 9.63. The number of nitrogens with one attached hydrogen (secondary N) is 1. The lowest BCUT2D eigenvalue weighted by atomic mass is 10.1. The molecule has 2 heterocycles. The zero-order chi connectivity index (χ0) is 25.8. The number of thiocarbonyl (C=S) groups is 1. The van der Waals surface area contributed by atoms with Gasteiger partial charge in [-0.05, 0) is 54.2 Å².